The Bertz CT molecular complexity index is 374. The Morgan fingerprint density at radius 3 is 2.65 bits per heavy atom. The maximum atomic E-state index is 13.0. The van der Waals surface area contributed by atoms with Crippen LogP contribution in [-0.2, 0) is 6.42 Å². The van der Waals surface area contributed by atoms with Gasteiger partial charge in [-0.2, -0.15) is 0 Å². The first-order valence-corrected chi connectivity index (χ1v) is 6.32. The molecule has 2 rings (SSSR count). The van der Waals surface area contributed by atoms with E-state index < -0.39 is 11.6 Å². The summed E-state index contributed by atoms with van der Waals surface area (Å²) in [5.74, 6) is -1.07. The quantitative estimate of drug-likeness (QED) is 0.831. The van der Waals surface area contributed by atoms with Gasteiger partial charge in [0.2, 0.25) is 0 Å². The molecule has 1 saturated carbocycles. The minimum absolute atomic E-state index is 0.445. The molecule has 0 aromatic heterocycles. The van der Waals surface area contributed by atoms with E-state index >= 15 is 0 Å². The Morgan fingerprint density at radius 1 is 1.29 bits per heavy atom. The molecule has 0 radical (unpaired) electrons. The van der Waals surface area contributed by atoms with Crippen LogP contribution in [0, 0.1) is 17.6 Å². The number of rotatable bonds is 5. The van der Waals surface area contributed by atoms with Crippen LogP contribution in [0.5, 0.6) is 0 Å². The molecule has 1 unspecified atom stereocenters. The van der Waals surface area contributed by atoms with Crippen LogP contribution >= 0.6 is 0 Å². The zero-order chi connectivity index (χ0) is 12.3. The Kier molecular flexibility index (Phi) is 4.11. The fraction of sp³-hybridized carbons (Fsp3) is 0.571. The highest BCUT2D eigenvalue weighted by Crippen LogP contribution is 2.19. The van der Waals surface area contributed by atoms with E-state index in [1.54, 1.807) is 6.07 Å². The highest BCUT2D eigenvalue weighted by Gasteiger charge is 2.17. The van der Waals surface area contributed by atoms with Gasteiger partial charge in [-0.1, -0.05) is 19.4 Å². The van der Waals surface area contributed by atoms with E-state index in [9.17, 15) is 8.78 Å². The summed E-state index contributed by atoms with van der Waals surface area (Å²) in [5.41, 5.74) is 0.867. The molecular weight excluding hydrogens is 220 g/mol. The van der Waals surface area contributed by atoms with Gasteiger partial charge in [-0.25, -0.2) is 8.78 Å². The molecule has 1 nitrogen and oxygen atoms in total. The van der Waals surface area contributed by atoms with Crippen LogP contribution in [0.25, 0.3) is 0 Å². The van der Waals surface area contributed by atoms with Crippen molar-refractivity contribution in [3.8, 4) is 0 Å². The minimum atomic E-state index is -0.769. The third-order valence-corrected chi connectivity index (χ3v) is 3.43. The molecule has 0 heterocycles. The monoisotopic (exact) mass is 239 g/mol. The van der Waals surface area contributed by atoms with Crippen molar-refractivity contribution in [3.63, 3.8) is 0 Å². The lowest BCUT2D eigenvalue weighted by Crippen LogP contribution is -2.38. The lowest BCUT2D eigenvalue weighted by molar-refractivity contribution is 0.320. The summed E-state index contributed by atoms with van der Waals surface area (Å²) in [6, 6.07) is 4.85. The third-order valence-electron chi connectivity index (χ3n) is 3.43. The van der Waals surface area contributed by atoms with Crippen molar-refractivity contribution in [2.75, 3.05) is 6.54 Å². The van der Waals surface area contributed by atoms with Gasteiger partial charge in [-0.3, -0.25) is 0 Å². The van der Waals surface area contributed by atoms with Gasteiger partial charge in [0.05, 0.1) is 0 Å². The lowest BCUT2D eigenvalue weighted by atomic mass is 9.92. The molecule has 0 amide bonds. The molecule has 0 spiro atoms. The second-order valence-electron chi connectivity index (χ2n) is 5.09. The molecule has 1 aliphatic carbocycles. The van der Waals surface area contributed by atoms with E-state index in [0.717, 1.165) is 18.5 Å². The molecule has 1 fully saturated rings. The SMILES string of the molecule is CC(CNC1CCC1)Cc1ccc(F)c(F)c1. The second kappa shape index (κ2) is 5.58. The van der Waals surface area contributed by atoms with Gasteiger partial charge in [0.1, 0.15) is 0 Å². The predicted molar refractivity (Wildman–Crippen MR) is 64.9 cm³/mol. The van der Waals surface area contributed by atoms with Gasteiger partial charge in [0, 0.05) is 6.04 Å². The van der Waals surface area contributed by atoms with Gasteiger partial charge >= 0.3 is 0 Å². The number of benzene rings is 1. The van der Waals surface area contributed by atoms with Crippen molar-refractivity contribution < 1.29 is 8.78 Å². The van der Waals surface area contributed by atoms with E-state index in [4.69, 9.17) is 0 Å². The summed E-state index contributed by atoms with van der Waals surface area (Å²) in [4.78, 5) is 0. The maximum Gasteiger partial charge on any atom is 0.159 e. The number of hydrogen-bond acceptors (Lipinski definition) is 1. The molecular formula is C14H19F2N. The van der Waals surface area contributed by atoms with Crippen LogP contribution < -0.4 is 5.32 Å². The van der Waals surface area contributed by atoms with Crippen molar-refractivity contribution in [2.24, 2.45) is 5.92 Å². The summed E-state index contributed by atoms with van der Waals surface area (Å²) in [6.07, 6.45) is 4.67. The average Bonchev–Trinajstić information content (AvgIpc) is 2.21. The predicted octanol–water partition coefficient (Wildman–Crippen LogP) is 3.29. The normalized spacial score (nSPS) is 17.8. The fourth-order valence-electron chi connectivity index (χ4n) is 2.12. The Hall–Kier alpha value is -0.960. The van der Waals surface area contributed by atoms with Crippen molar-refractivity contribution in [2.45, 2.75) is 38.6 Å². The van der Waals surface area contributed by atoms with E-state index in [-0.39, 0.29) is 0 Å². The van der Waals surface area contributed by atoms with Crippen LogP contribution in [0.1, 0.15) is 31.7 Å². The largest absolute Gasteiger partial charge is 0.314 e. The van der Waals surface area contributed by atoms with Crippen molar-refractivity contribution in [3.05, 3.63) is 35.4 Å². The van der Waals surface area contributed by atoms with Crippen LogP contribution in [0.2, 0.25) is 0 Å². The molecule has 3 heteroatoms. The van der Waals surface area contributed by atoms with Gasteiger partial charge in [-0.15, -0.1) is 0 Å². The number of nitrogens with one attached hydrogen (secondary N) is 1. The average molecular weight is 239 g/mol. The summed E-state index contributed by atoms with van der Waals surface area (Å²) >= 11 is 0. The molecule has 1 aromatic carbocycles. The molecule has 1 aromatic rings. The zero-order valence-electron chi connectivity index (χ0n) is 10.2. The Balaban J connectivity index is 1.79. The van der Waals surface area contributed by atoms with Crippen molar-refractivity contribution in [1.29, 1.82) is 0 Å². The van der Waals surface area contributed by atoms with Crippen molar-refractivity contribution in [1.82, 2.24) is 5.32 Å². The molecule has 0 saturated heterocycles. The number of hydrogen-bond donors (Lipinski definition) is 1. The van der Waals surface area contributed by atoms with E-state index in [2.05, 4.69) is 12.2 Å². The maximum absolute atomic E-state index is 13.0. The minimum Gasteiger partial charge on any atom is -0.314 e. The van der Waals surface area contributed by atoms with Crippen molar-refractivity contribution >= 4 is 0 Å². The molecule has 94 valence electrons. The molecule has 0 bridgehead atoms. The van der Waals surface area contributed by atoms with Gasteiger partial charge in [0.15, 0.2) is 11.6 Å². The Labute approximate surface area is 101 Å². The van der Waals surface area contributed by atoms with Crippen LogP contribution in [0.4, 0.5) is 8.78 Å². The smallest absolute Gasteiger partial charge is 0.159 e. The highest BCUT2D eigenvalue weighted by molar-refractivity contribution is 5.18. The molecule has 1 atom stereocenters. The van der Waals surface area contributed by atoms with Gasteiger partial charge in [-0.05, 0) is 49.4 Å². The van der Waals surface area contributed by atoms with E-state index in [1.165, 1.54) is 31.4 Å². The molecule has 1 N–H and O–H groups in total. The van der Waals surface area contributed by atoms with Crippen LogP contribution in [0.15, 0.2) is 18.2 Å². The lowest BCUT2D eigenvalue weighted by Gasteiger charge is -2.28. The zero-order valence-corrected chi connectivity index (χ0v) is 10.2. The fourth-order valence-corrected chi connectivity index (χ4v) is 2.12. The first-order valence-electron chi connectivity index (χ1n) is 6.32. The standard InChI is InChI=1S/C14H19F2N/c1-10(9-17-12-3-2-4-12)7-11-5-6-13(15)14(16)8-11/h5-6,8,10,12,17H,2-4,7,9H2,1H3. The van der Waals surface area contributed by atoms with Crippen LogP contribution in [-0.4, -0.2) is 12.6 Å². The van der Waals surface area contributed by atoms with Crippen LogP contribution in [0.3, 0.4) is 0 Å². The summed E-state index contributed by atoms with van der Waals surface area (Å²) in [5, 5.41) is 3.50. The Morgan fingerprint density at radius 2 is 2.06 bits per heavy atom. The van der Waals surface area contributed by atoms with Gasteiger partial charge < -0.3 is 5.32 Å². The first kappa shape index (κ1) is 12.5. The first-order chi connectivity index (χ1) is 8.15. The molecule has 1 aliphatic rings. The second-order valence-corrected chi connectivity index (χ2v) is 5.09. The topological polar surface area (TPSA) is 12.0 Å². The van der Waals surface area contributed by atoms with E-state index in [0.29, 0.717) is 12.0 Å². The molecule has 17 heavy (non-hydrogen) atoms. The summed E-state index contributed by atoms with van der Waals surface area (Å²) in [6.45, 7) is 3.08. The number of halogens is 2. The summed E-state index contributed by atoms with van der Waals surface area (Å²) < 4.78 is 25.8. The molecule has 0 aliphatic heterocycles. The third kappa shape index (κ3) is 3.50. The highest BCUT2D eigenvalue weighted by atomic mass is 19.2. The van der Waals surface area contributed by atoms with E-state index in [1.807, 2.05) is 0 Å². The summed E-state index contributed by atoms with van der Waals surface area (Å²) in [7, 11) is 0. The van der Waals surface area contributed by atoms with Gasteiger partial charge in [0.25, 0.3) is 0 Å².